The van der Waals surface area contributed by atoms with Gasteiger partial charge in [0.2, 0.25) is 5.91 Å². The van der Waals surface area contributed by atoms with Crippen molar-refractivity contribution in [3.05, 3.63) is 12.2 Å². The van der Waals surface area contributed by atoms with Crippen LogP contribution in [0.1, 0.15) is 27.7 Å². The molecule has 0 fully saturated rings. The normalized spacial score (nSPS) is 11.5. The second-order valence-electron chi connectivity index (χ2n) is 5.76. The van der Waals surface area contributed by atoms with Gasteiger partial charge in [0.25, 0.3) is 0 Å². The van der Waals surface area contributed by atoms with Gasteiger partial charge in [-0.2, -0.15) is 0 Å². The fraction of sp³-hybridized carbons (Fsp3) is 0.733. The van der Waals surface area contributed by atoms with E-state index in [4.69, 9.17) is 9.47 Å². The number of rotatable bonds is 7. The SMILES string of the molecule is CCOCCN(C/C=C/C(=O)N(C)C)C(=O)OC(C)(C)C. The van der Waals surface area contributed by atoms with Crippen LogP contribution in [0.15, 0.2) is 12.2 Å². The van der Waals surface area contributed by atoms with Gasteiger partial charge in [-0.1, -0.05) is 6.08 Å². The zero-order valence-electron chi connectivity index (χ0n) is 14.0. The predicted molar refractivity (Wildman–Crippen MR) is 82.1 cm³/mol. The Balaban J connectivity index is 4.58. The van der Waals surface area contributed by atoms with Crippen molar-refractivity contribution in [1.82, 2.24) is 9.80 Å². The second kappa shape index (κ2) is 9.39. The molecule has 0 rings (SSSR count). The maximum atomic E-state index is 12.1. The lowest BCUT2D eigenvalue weighted by Gasteiger charge is -2.26. The molecule has 0 aromatic rings. The summed E-state index contributed by atoms with van der Waals surface area (Å²) in [5.74, 6) is -0.121. The Hall–Kier alpha value is -1.56. The third-order valence-electron chi connectivity index (χ3n) is 2.39. The molecule has 0 aromatic heterocycles. The summed E-state index contributed by atoms with van der Waals surface area (Å²) in [6.45, 7) is 9.10. The van der Waals surface area contributed by atoms with Crippen LogP contribution in [0.25, 0.3) is 0 Å². The number of carbonyl (C=O) groups excluding carboxylic acids is 2. The first-order chi connectivity index (χ1) is 9.67. The number of amides is 2. The molecule has 0 saturated carbocycles. The van der Waals surface area contributed by atoms with Crippen molar-refractivity contribution >= 4 is 12.0 Å². The van der Waals surface area contributed by atoms with Gasteiger partial charge >= 0.3 is 6.09 Å². The fourth-order valence-corrected chi connectivity index (χ4v) is 1.33. The maximum Gasteiger partial charge on any atom is 0.410 e. The minimum atomic E-state index is -0.551. The molecule has 0 atom stereocenters. The van der Waals surface area contributed by atoms with Crippen LogP contribution < -0.4 is 0 Å². The summed E-state index contributed by atoms with van der Waals surface area (Å²) in [6, 6.07) is 0. The predicted octanol–water partition coefficient (Wildman–Crippen LogP) is 1.90. The van der Waals surface area contributed by atoms with Crippen LogP contribution in [-0.4, -0.2) is 67.8 Å². The Bertz CT molecular complexity index is 359. The van der Waals surface area contributed by atoms with Gasteiger partial charge in [0.05, 0.1) is 6.61 Å². The smallest absolute Gasteiger partial charge is 0.410 e. The third kappa shape index (κ3) is 9.90. The first kappa shape index (κ1) is 19.4. The van der Waals surface area contributed by atoms with Crippen LogP contribution in [0, 0.1) is 0 Å². The summed E-state index contributed by atoms with van der Waals surface area (Å²) in [6.07, 6.45) is 2.68. The zero-order chi connectivity index (χ0) is 16.5. The maximum absolute atomic E-state index is 12.1. The monoisotopic (exact) mass is 300 g/mol. The number of likely N-dealkylation sites (N-methyl/N-ethyl adjacent to an activating group) is 1. The number of hydrogen-bond donors (Lipinski definition) is 0. The lowest BCUT2D eigenvalue weighted by atomic mass is 10.2. The summed E-state index contributed by atoms with van der Waals surface area (Å²) in [5.41, 5.74) is -0.551. The quantitative estimate of drug-likeness (QED) is 0.532. The van der Waals surface area contributed by atoms with Gasteiger partial charge in [-0.25, -0.2) is 4.79 Å². The van der Waals surface area contributed by atoms with E-state index < -0.39 is 11.7 Å². The third-order valence-corrected chi connectivity index (χ3v) is 2.39. The molecule has 6 heteroatoms. The van der Waals surface area contributed by atoms with Gasteiger partial charge in [-0.05, 0) is 27.7 Å². The van der Waals surface area contributed by atoms with Crippen LogP contribution in [0.5, 0.6) is 0 Å². The van der Waals surface area contributed by atoms with Crippen molar-refractivity contribution in [3.8, 4) is 0 Å². The number of nitrogens with zero attached hydrogens (tertiary/aromatic N) is 2. The summed E-state index contributed by atoms with van der Waals surface area (Å²) < 4.78 is 10.6. The molecule has 0 heterocycles. The Morgan fingerprint density at radius 1 is 1.19 bits per heavy atom. The van der Waals surface area contributed by atoms with E-state index in [0.717, 1.165) is 0 Å². The van der Waals surface area contributed by atoms with Crippen LogP contribution in [-0.2, 0) is 14.3 Å². The van der Waals surface area contributed by atoms with E-state index in [2.05, 4.69) is 0 Å². The summed E-state index contributed by atoms with van der Waals surface area (Å²) >= 11 is 0. The molecule has 2 amide bonds. The Labute approximate surface area is 127 Å². The van der Waals surface area contributed by atoms with Crippen LogP contribution >= 0.6 is 0 Å². The molecule has 0 spiro atoms. The van der Waals surface area contributed by atoms with E-state index in [-0.39, 0.29) is 5.91 Å². The van der Waals surface area contributed by atoms with Crippen molar-refractivity contribution < 1.29 is 19.1 Å². The molecular formula is C15H28N2O4. The topological polar surface area (TPSA) is 59.1 Å². The van der Waals surface area contributed by atoms with Gasteiger partial charge in [0.1, 0.15) is 5.60 Å². The lowest BCUT2D eigenvalue weighted by molar-refractivity contribution is -0.123. The number of hydrogen-bond acceptors (Lipinski definition) is 4. The van der Waals surface area contributed by atoms with Gasteiger partial charge in [-0.3, -0.25) is 4.79 Å². The Morgan fingerprint density at radius 3 is 2.29 bits per heavy atom. The molecule has 0 saturated heterocycles. The number of carbonyl (C=O) groups is 2. The highest BCUT2D eigenvalue weighted by Crippen LogP contribution is 2.10. The average Bonchev–Trinajstić information content (AvgIpc) is 2.34. The van der Waals surface area contributed by atoms with Crippen molar-refractivity contribution in [2.45, 2.75) is 33.3 Å². The van der Waals surface area contributed by atoms with E-state index in [9.17, 15) is 9.59 Å². The van der Waals surface area contributed by atoms with Gasteiger partial charge in [0, 0.05) is 39.9 Å². The van der Waals surface area contributed by atoms with E-state index >= 15 is 0 Å². The molecule has 0 bridgehead atoms. The molecule has 0 aromatic carbocycles. The highest BCUT2D eigenvalue weighted by Gasteiger charge is 2.21. The van der Waals surface area contributed by atoms with Gasteiger partial charge in [0.15, 0.2) is 0 Å². The molecule has 122 valence electrons. The number of ether oxygens (including phenoxy) is 2. The van der Waals surface area contributed by atoms with Crippen molar-refractivity contribution in [2.24, 2.45) is 0 Å². The largest absolute Gasteiger partial charge is 0.444 e. The van der Waals surface area contributed by atoms with Crippen molar-refractivity contribution in [2.75, 3.05) is 40.4 Å². The van der Waals surface area contributed by atoms with E-state index in [1.807, 2.05) is 27.7 Å². The van der Waals surface area contributed by atoms with Crippen LogP contribution in [0.2, 0.25) is 0 Å². The molecule has 0 unspecified atom stereocenters. The zero-order valence-corrected chi connectivity index (χ0v) is 14.0. The molecule has 0 aliphatic heterocycles. The fourth-order valence-electron chi connectivity index (χ4n) is 1.33. The highest BCUT2D eigenvalue weighted by molar-refractivity contribution is 5.87. The van der Waals surface area contributed by atoms with E-state index in [1.165, 1.54) is 15.9 Å². The molecule has 0 aliphatic carbocycles. The van der Waals surface area contributed by atoms with Crippen molar-refractivity contribution in [3.63, 3.8) is 0 Å². The van der Waals surface area contributed by atoms with Crippen LogP contribution in [0.3, 0.4) is 0 Å². The molecule has 0 aliphatic rings. The Morgan fingerprint density at radius 2 is 1.81 bits per heavy atom. The minimum Gasteiger partial charge on any atom is -0.444 e. The van der Waals surface area contributed by atoms with Gasteiger partial charge < -0.3 is 19.3 Å². The first-order valence-corrected chi connectivity index (χ1v) is 7.11. The van der Waals surface area contributed by atoms with E-state index in [0.29, 0.717) is 26.3 Å². The lowest BCUT2D eigenvalue weighted by Crippen LogP contribution is -2.39. The minimum absolute atomic E-state index is 0.121. The molecule has 6 nitrogen and oxygen atoms in total. The highest BCUT2D eigenvalue weighted by atomic mass is 16.6. The van der Waals surface area contributed by atoms with Crippen LogP contribution in [0.4, 0.5) is 4.79 Å². The second-order valence-corrected chi connectivity index (χ2v) is 5.76. The van der Waals surface area contributed by atoms with Crippen molar-refractivity contribution in [1.29, 1.82) is 0 Å². The molecule has 21 heavy (non-hydrogen) atoms. The summed E-state index contributed by atoms with van der Waals surface area (Å²) in [5, 5.41) is 0. The average molecular weight is 300 g/mol. The summed E-state index contributed by atoms with van der Waals surface area (Å²) in [7, 11) is 3.35. The first-order valence-electron chi connectivity index (χ1n) is 7.11. The van der Waals surface area contributed by atoms with Gasteiger partial charge in [-0.15, -0.1) is 0 Å². The molecule has 0 N–H and O–H groups in total. The van der Waals surface area contributed by atoms with E-state index in [1.54, 1.807) is 20.2 Å². The summed E-state index contributed by atoms with van der Waals surface area (Å²) in [4.78, 5) is 26.5. The molecular weight excluding hydrogens is 272 g/mol. The standard InChI is InChI=1S/C15H28N2O4/c1-7-20-12-11-17(14(19)21-15(2,3)4)10-8-9-13(18)16(5)6/h8-9H,7,10-12H2,1-6H3/b9-8+. The Kier molecular flexibility index (Phi) is 8.69. The molecule has 0 radical (unpaired) electrons.